The molecule has 0 atom stereocenters. The molecule has 1 aromatic carbocycles. The number of nitrogens with zero attached hydrogens (tertiary/aromatic N) is 2. The topological polar surface area (TPSA) is 58.0 Å². The van der Waals surface area contributed by atoms with Crippen LogP contribution in [0.1, 0.15) is 5.56 Å². The molecule has 0 aliphatic heterocycles. The minimum Gasteiger partial charge on any atom is -0.508 e. The molecular weight excluding hydrogens is 226 g/mol. The van der Waals surface area contributed by atoms with Crippen molar-refractivity contribution in [2.24, 2.45) is 0 Å². The molecule has 0 aliphatic rings. The van der Waals surface area contributed by atoms with E-state index in [9.17, 15) is 5.11 Å². The van der Waals surface area contributed by atoms with E-state index in [0.717, 1.165) is 5.56 Å². The van der Waals surface area contributed by atoms with Crippen molar-refractivity contribution >= 4 is 17.4 Å². The van der Waals surface area contributed by atoms with Crippen molar-refractivity contribution in [2.75, 3.05) is 5.32 Å². The van der Waals surface area contributed by atoms with Crippen LogP contribution in [0.3, 0.4) is 0 Å². The molecule has 5 heteroatoms. The van der Waals surface area contributed by atoms with Gasteiger partial charge in [-0.15, -0.1) is 0 Å². The minimum absolute atomic E-state index is 0.250. The fraction of sp³-hybridized carbons (Fsp3) is 0.0909. The van der Waals surface area contributed by atoms with E-state index in [0.29, 0.717) is 17.4 Å². The number of phenolic OH excluding ortho intramolecular Hbond substituents is 1. The highest BCUT2D eigenvalue weighted by molar-refractivity contribution is 6.32. The molecule has 0 radical (unpaired) electrons. The third-order valence-corrected chi connectivity index (χ3v) is 2.38. The van der Waals surface area contributed by atoms with Crippen molar-refractivity contribution in [2.45, 2.75) is 6.54 Å². The molecule has 0 saturated heterocycles. The lowest BCUT2D eigenvalue weighted by Crippen LogP contribution is -2.02. The number of nitrogens with one attached hydrogen (secondary N) is 1. The van der Waals surface area contributed by atoms with E-state index < -0.39 is 0 Å². The first kappa shape index (κ1) is 10.7. The average Bonchev–Trinajstić information content (AvgIpc) is 2.30. The zero-order chi connectivity index (χ0) is 11.4. The number of hydrogen-bond donors (Lipinski definition) is 2. The molecule has 0 saturated carbocycles. The summed E-state index contributed by atoms with van der Waals surface area (Å²) < 4.78 is 0. The van der Waals surface area contributed by atoms with Crippen molar-refractivity contribution in [1.82, 2.24) is 9.97 Å². The zero-order valence-electron chi connectivity index (χ0n) is 8.39. The highest BCUT2D eigenvalue weighted by atomic mass is 35.5. The van der Waals surface area contributed by atoms with Crippen LogP contribution in [-0.4, -0.2) is 15.1 Å². The predicted molar refractivity (Wildman–Crippen MR) is 62.5 cm³/mol. The highest BCUT2D eigenvalue weighted by Gasteiger charge is 2.02. The molecule has 16 heavy (non-hydrogen) atoms. The van der Waals surface area contributed by atoms with Crippen molar-refractivity contribution in [3.05, 3.63) is 47.4 Å². The Bertz CT molecular complexity index is 445. The molecule has 2 N–H and O–H groups in total. The standard InChI is InChI=1S/C11H10ClN3O/c12-9-6-13-7-15-11(9)14-5-8-3-1-2-4-10(8)16/h1-4,6-7,16H,5H2,(H,13,14,15). The van der Waals surface area contributed by atoms with Crippen molar-refractivity contribution in [3.63, 3.8) is 0 Å². The lowest BCUT2D eigenvalue weighted by atomic mass is 10.2. The number of para-hydroxylation sites is 1. The van der Waals surface area contributed by atoms with Gasteiger partial charge in [0.2, 0.25) is 0 Å². The van der Waals surface area contributed by atoms with Crippen LogP contribution in [0.2, 0.25) is 5.02 Å². The Labute approximate surface area is 97.9 Å². The number of halogens is 1. The van der Waals surface area contributed by atoms with Gasteiger partial charge in [0.25, 0.3) is 0 Å². The lowest BCUT2D eigenvalue weighted by molar-refractivity contribution is 0.469. The first-order valence-electron chi connectivity index (χ1n) is 4.73. The summed E-state index contributed by atoms with van der Waals surface area (Å²) in [5, 5.41) is 13.0. The number of aromatic hydroxyl groups is 1. The van der Waals surface area contributed by atoms with Gasteiger partial charge in [-0.1, -0.05) is 29.8 Å². The van der Waals surface area contributed by atoms with Crippen LogP contribution >= 0.6 is 11.6 Å². The Kier molecular flexibility index (Phi) is 3.22. The van der Waals surface area contributed by atoms with Gasteiger partial charge in [-0.05, 0) is 6.07 Å². The number of rotatable bonds is 3. The molecule has 82 valence electrons. The molecule has 0 fully saturated rings. The molecule has 0 unspecified atom stereocenters. The number of phenols is 1. The maximum Gasteiger partial charge on any atom is 0.148 e. The normalized spacial score (nSPS) is 10.1. The third kappa shape index (κ3) is 2.41. The van der Waals surface area contributed by atoms with Crippen LogP contribution in [0.25, 0.3) is 0 Å². The SMILES string of the molecule is Oc1ccccc1CNc1ncncc1Cl. The largest absolute Gasteiger partial charge is 0.508 e. The van der Waals surface area contributed by atoms with Crippen LogP contribution in [0.4, 0.5) is 5.82 Å². The van der Waals surface area contributed by atoms with Gasteiger partial charge in [-0.3, -0.25) is 0 Å². The number of hydrogen-bond acceptors (Lipinski definition) is 4. The summed E-state index contributed by atoms with van der Waals surface area (Å²) in [5.41, 5.74) is 0.789. The number of aromatic nitrogens is 2. The van der Waals surface area contributed by atoms with Crippen LogP contribution < -0.4 is 5.32 Å². The van der Waals surface area contributed by atoms with Crippen LogP contribution in [0, 0.1) is 0 Å². The molecule has 0 spiro atoms. The molecule has 1 aromatic heterocycles. The van der Waals surface area contributed by atoms with Gasteiger partial charge in [0, 0.05) is 12.1 Å². The lowest BCUT2D eigenvalue weighted by Gasteiger charge is -2.07. The molecule has 1 heterocycles. The van der Waals surface area contributed by atoms with E-state index in [-0.39, 0.29) is 5.75 Å². The number of anilines is 1. The van der Waals surface area contributed by atoms with E-state index in [1.54, 1.807) is 12.1 Å². The second kappa shape index (κ2) is 4.81. The first-order valence-corrected chi connectivity index (χ1v) is 5.11. The van der Waals surface area contributed by atoms with Gasteiger partial charge in [0.1, 0.15) is 22.9 Å². The van der Waals surface area contributed by atoms with Gasteiger partial charge in [0.05, 0.1) is 6.20 Å². The quantitative estimate of drug-likeness (QED) is 0.858. The highest BCUT2D eigenvalue weighted by Crippen LogP contribution is 2.20. The van der Waals surface area contributed by atoms with E-state index in [4.69, 9.17) is 11.6 Å². The summed E-state index contributed by atoms with van der Waals surface area (Å²) in [6.45, 7) is 0.462. The molecule has 2 aromatic rings. The van der Waals surface area contributed by atoms with Gasteiger partial charge < -0.3 is 10.4 Å². The molecule has 0 bridgehead atoms. The van der Waals surface area contributed by atoms with Gasteiger partial charge in [-0.25, -0.2) is 9.97 Å². The summed E-state index contributed by atoms with van der Waals surface area (Å²) >= 11 is 5.88. The van der Waals surface area contributed by atoms with E-state index in [2.05, 4.69) is 15.3 Å². The maximum atomic E-state index is 9.55. The second-order valence-electron chi connectivity index (χ2n) is 3.20. The van der Waals surface area contributed by atoms with E-state index in [1.807, 2.05) is 12.1 Å². The van der Waals surface area contributed by atoms with Crippen LogP contribution in [0.15, 0.2) is 36.8 Å². The van der Waals surface area contributed by atoms with Crippen molar-refractivity contribution in [3.8, 4) is 5.75 Å². The predicted octanol–water partition coefficient (Wildman–Crippen LogP) is 2.45. The fourth-order valence-electron chi connectivity index (χ4n) is 1.28. The molecule has 0 amide bonds. The van der Waals surface area contributed by atoms with Gasteiger partial charge in [0.15, 0.2) is 0 Å². The smallest absolute Gasteiger partial charge is 0.148 e. The monoisotopic (exact) mass is 235 g/mol. The van der Waals surface area contributed by atoms with Gasteiger partial charge in [-0.2, -0.15) is 0 Å². The first-order chi connectivity index (χ1) is 7.77. The summed E-state index contributed by atoms with van der Waals surface area (Å²) in [7, 11) is 0. The Morgan fingerprint density at radius 1 is 1.31 bits per heavy atom. The fourth-order valence-corrected chi connectivity index (χ4v) is 1.45. The Balaban J connectivity index is 2.09. The van der Waals surface area contributed by atoms with Crippen LogP contribution in [-0.2, 0) is 6.54 Å². The van der Waals surface area contributed by atoms with Crippen LogP contribution in [0.5, 0.6) is 5.75 Å². The summed E-state index contributed by atoms with van der Waals surface area (Å²) in [6, 6.07) is 7.10. The Morgan fingerprint density at radius 3 is 2.88 bits per heavy atom. The van der Waals surface area contributed by atoms with Crippen molar-refractivity contribution < 1.29 is 5.11 Å². The van der Waals surface area contributed by atoms with E-state index in [1.165, 1.54) is 12.5 Å². The summed E-state index contributed by atoms with van der Waals surface area (Å²) in [6.07, 6.45) is 2.93. The Morgan fingerprint density at radius 2 is 2.12 bits per heavy atom. The molecular formula is C11H10ClN3O. The summed E-state index contributed by atoms with van der Waals surface area (Å²) in [5.74, 6) is 0.806. The minimum atomic E-state index is 0.250. The molecule has 4 nitrogen and oxygen atoms in total. The number of benzene rings is 1. The van der Waals surface area contributed by atoms with Crippen molar-refractivity contribution in [1.29, 1.82) is 0 Å². The second-order valence-corrected chi connectivity index (χ2v) is 3.61. The molecule has 2 rings (SSSR count). The molecule has 0 aliphatic carbocycles. The summed E-state index contributed by atoms with van der Waals surface area (Å²) in [4.78, 5) is 7.77. The Hall–Kier alpha value is -1.81. The van der Waals surface area contributed by atoms with E-state index >= 15 is 0 Å². The maximum absolute atomic E-state index is 9.55. The third-order valence-electron chi connectivity index (χ3n) is 2.11. The van der Waals surface area contributed by atoms with Gasteiger partial charge >= 0.3 is 0 Å². The zero-order valence-corrected chi connectivity index (χ0v) is 9.15. The average molecular weight is 236 g/mol.